The number of carbonyl (C=O) groups is 1. The van der Waals surface area contributed by atoms with Crippen LogP contribution in [-0.4, -0.2) is 22.8 Å². The first-order valence-electron chi connectivity index (χ1n) is 10.8. The normalized spacial score (nSPS) is 15.7. The van der Waals surface area contributed by atoms with Crippen LogP contribution in [0.2, 0.25) is 0 Å². The number of aryl methyl sites for hydroxylation is 2. The monoisotopic (exact) mass is 474 g/mol. The number of aromatic nitrogens is 1. The van der Waals surface area contributed by atoms with Crippen LogP contribution in [0, 0.1) is 13.8 Å². The number of ether oxygens (including phenoxy) is 1. The van der Waals surface area contributed by atoms with Crippen LogP contribution >= 0.6 is 12.2 Å². The van der Waals surface area contributed by atoms with Crippen molar-refractivity contribution in [2.75, 3.05) is 16.8 Å². The lowest BCUT2D eigenvalue weighted by Gasteiger charge is -2.38. The lowest BCUT2D eigenvalue weighted by Crippen LogP contribution is -2.48. The molecule has 0 aliphatic carbocycles. The third-order valence-corrected chi connectivity index (χ3v) is 5.75. The quantitative estimate of drug-likeness (QED) is 0.360. The minimum Gasteiger partial charge on any atom is -0.489 e. The molecule has 1 aliphatic heterocycles. The summed E-state index contributed by atoms with van der Waals surface area (Å²) in [5.74, 6) is 1.27. The molecule has 2 N–H and O–H groups in total. The van der Waals surface area contributed by atoms with Gasteiger partial charge >= 0.3 is 0 Å². The summed E-state index contributed by atoms with van der Waals surface area (Å²) >= 11 is 5.77. The maximum absolute atomic E-state index is 13.6. The molecule has 0 spiro atoms. The van der Waals surface area contributed by atoms with Gasteiger partial charge in [0.1, 0.15) is 18.1 Å². The minimum absolute atomic E-state index is 0.318. The van der Waals surface area contributed by atoms with Crippen LogP contribution in [-0.2, 0) is 4.79 Å². The van der Waals surface area contributed by atoms with Gasteiger partial charge in [-0.1, -0.05) is 48.1 Å². The largest absolute Gasteiger partial charge is 0.489 e. The van der Waals surface area contributed by atoms with Crippen LogP contribution in [0.25, 0.3) is 0 Å². The van der Waals surface area contributed by atoms with Crippen LogP contribution in [0.15, 0.2) is 83.0 Å². The van der Waals surface area contributed by atoms with E-state index in [1.807, 2.05) is 67.3 Å². The number of allylic oxidation sites excluding steroid dienone is 1. The van der Waals surface area contributed by atoms with Gasteiger partial charge in [-0.05, 0) is 56.8 Å². The highest BCUT2D eigenvalue weighted by atomic mass is 32.1. The molecule has 0 fully saturated rings. The molecule has 3 aromatic rings. The standard InChI is InChI=1S/C26H26N4O3S/c1-5-13-32-21-12-7-6-11-20(21)24-23(25(31)27-22-15-17(3)33-29-22)18(4)30(26(34)28-24)19-10-8-9-16(2)14-19/h5-12,14-15,24H,1,13H2,2-4H3,(H,28,34)(H,27,29,31)/t24-/m0/s1. The molecular weight excluding hydrogens is 448 g/mol. The highest BCUT2D eigenvalue weighted by Crippen LogP contribution is 2.37. The van der Waals surface area contributed by atoms with Gasteiger partial charge < -0.3 is 19.9 Å². The lowest BCUT2D eigenvalue weighted by molar-refractivity contribution is -0.113. The summed E-state index contributed by atoms with van der Waals surface area (Å²) in [7, 11) is 0. The van der Waals surface area contributed by atoms with E-state index in [0.29, 0.717) is 40.3 Å². The summed E-state index contributed by atoms with van der Waals surface area (Å²) < 4.78 is 11.0. The molecule has 0 saturated carbocycles. The van der Waals surface area contributed by atoms with Gasteiger partial charge in [0.25, 0.3) is 5.91 Å². The first kappa shape index (κ1) is 23.3. The predicted molar refractivity (Wildman–Crippen MR) is 137 cm³/mol. The van der Waals surface area contributed by atoms with Gasteiger partial charge in [-0.2, -0.15) is 0 Å². The average Bonchev–Trinajstić information content (AvgIpc) is 3.21. The Labute approximate surface area is 204 Å². The van der Waals surface area contributed by atoms with Gasteiger partial charge in [0.2, 0.25) is 0 Å². The van der Waals surface area contributed by atoms with Crippen molar-refractivity contribution in [2.24, 2.45) is 0 Å². The molecule has 0 unspecified atom stereocenters. The zero-order chi connectivity index (χ0) is 24.2. The summed E-state index contributed by atoms with van der Waals surface area (Å²) in [5.41, 5.74) is 3.94. The molecule has 7 nitrogen and oxygen atoms in total. The molecule has 0 radical (unpaired) electrons. The van der Waals surface area contributed by atoms with E-state index in [4.69, 9.17) is 21.5 Å². The summed E-state index contributed by atoms with van der Waals surface area (Å²) in [5, 5.41) is 10.6. The number of carbonyl (C=O) groups excluding carboxylic acids is 1. The third-order valence-electron chi connectivity index (χ3n) is 5.45. The van der Waals surface area contributed by atoms with E-state index in [1.54, 1.807) is 19.1 Å². The Balaban J connectivity index is 1.83. The number of amides is 1. The molecule has 2 aromatic carbocycles. The summed E-state index contributed by atoms with van der Waals surface area (Å²) in [6.45, 7) is 9.73. The average molecular weight is 475 g/mol. The summed E-state index contributed by atoms with van der Waals surface area (Å²) in [4.78, 5) is 15.5. The van der Waals surface area contributed by atoms with E-state index in [1.165, 1.54) is 0 Å². The Hall–Kier alpha value is -3.91. The van der Waals surface area contributed by atoms with Gasteiger partial charge in [-0.3, -0.25) is 9.69 Å². The van der Waals surface area contributed by atoms with Crippen molar-refractivity contribution in [2.45, 2.75) is 26.8 Å². The molecule has 1 atom stereocenters. The fourth-order valence-corrected chi connectivity index (χ4v) is 4.32. The molecule has 8 heteroatoms. The maximum atomic E-state index is 13.6. The van der Waals surface area contributed by atoms with E-state index in [2.05, 4.69) is 22.4 Å². The van der Waals surface area contributed by atoms with Crippen molar-refractivity contribution >= 4 is 34.7 Å². The third kappa shape index (κ3) is 4.72. The second kappa shape index (κ2) is 9.93. The zero-order valence-electron chi connectivity index (χ0n) is 19.3. The van der Waals surface area contributed by atoms with Crippen molar-refractivity contribution in [1.82, 2.24) is 10.5 Å². The Morgan fingerprint density at radius 1 is 1.24 bits per heavy atom. The number of nitrogens with one attached hydrogen (secondary N) is 2. The van der Waals surface area contributed by atoms with Gasteiger partial charge in [0.15, 0.2) is 10.9 Å². The molecule has 0 saturated heterocycles. The SMILES string of the molecule is C=CCOc1ccccc1[C@@H]1NC(=S)N(c2cccc(C)c2)C(C)=C1C(=O)Nc1cc(C)on1. The maximum Gasteiger partial charge on any atom is 0.257 e. The minimum atomic E-state index is -0.539. The van der Waals surface area contributed by atoms with Gasteiger partial charge in [-0.15, -0.1) is 0 Å². The Bertz CT molecular complexity index is 1280. The number of anilines is 2. The fourth-order valence-electron chi connectivity index (χ4n) is 3.96. The van der Waals surface area contributed by atoms with Gasteiger partial charge in [-0.25, -0.2) is 0 Å². The van der Waals surface area contributed by atoms with Crippen molar-refractivity contribution in [3.8, 4) is 5.75 Å². The Kier molecular flexibility index (Phi) is 6.79. The molecule has 2 heterocycles. The van der Waals surface area contributed by atoms with E-state index in [9.17, 15) is 4.79 Å². The van der Waals surface area contributed by atoms with Crippen LogP contribution in [0.3, 0.4) is 0 Å². The highest BCUT2D eigenvalue weighted by Gasteiger charge is 2.36. The number of benzene rings is 2. The first-order chi connectivity index (χ1) is 16.4. The van der Waals surface area contributed by atoms with Crippen LogP contribution in [0.1, 0.15) is 29.9 Å². The highest BCUT2D eigenvalue weighted by molar-refractivity contribution is 7.80. The fraction of sp³-hybridized carbons (Fsp3) is 0.192. The lowest BCUT2D eigenvalue weighted by atomic mass is 9.93. The number of hydrogen-bond acceptors (Lipinski definition) is 5. The Morgan fingerprint density at radius 3 is 2.74 bits per heavy atom. The summed E-state index contributed by atoms with van der Waals surface area (Å²) in [6, 6.07) is 16.7. The summed E-state index contributed by atoms with van der Waals surface area (Å²) in [6.07, 6.45) is 1.68. The van der Waals surface area contributed by atoms with E-state index in [-0.39, 0.29) is 5.91 Å². The van der Waals surface area contributed by atoms with Crippen LogP contribution in [0.5, 0.6) is 5.75 Å². The van der Waals surface area contributed by atoms with E-state index in [0.717, 1.165) is 16.8 Å². The zero-order valence-corrected chi connectivity index (χ0v) is 20.1. The molecule has 1 aromatic heterocycles. The number of hydrogen-bond donors (Lipinski definition) is 2. The predicted octanol–water partition coefficient (Wildman–Crippen LogP) is 5.20. The molecule has 174 valence electrons. The van der Waals surface area contributed by atoms with Crippen molar-refractivity contribution in [3.05, 3.63) is 95.4 Å². The first-order valence-corrected chi connectivity index (χ1v) is 11.2. The van der Waals surface area contributed by atoms with Crippen molar-refractivity contribution in [1.29, 1.82) is 0 Å². The molecule has 34 heavy (non-hydrogen) atoms. The second-order valence-corrected chi connectivity index (χ2v) is 8.36. The smallest absolute Gasteiger partial charge is 0.257 e. The van der Waals surface area contributed by atoms with Gasteiger partial charge in [0, 0.05) is 23.0 Å². The molecular formula is C26H26N4O3S. The second-order valence-electron chi connectivity index (χ2n) is 7.97. The number of nitrogens with zero attached hydrogens (tertiary/aromatic N) is 2. The van der Waals surface area contributed by atoms with Crippen LogP contribution in [0.4, 0.5) is 11.5 Å². The number of para-hydroxylation sites is 1. The van der Waals surface area contributed by atoms with E-state index < -0.39 is 6.04 Å². The van der Waals surface area contributed by atoms with Crippen LogP contribution < -0.4 is 20.3 Å². The molecule has 0 bridgehead atoms. The number of rotatable bonds is 7. The van der Waals surface area contributed by atoms with E-state index >= 15 is 0 Å². The topological polar surface area (TPSA) is 79.6 Å². The molecule has 1 aliphatic rings. The molecule has 4 rings (SSSR count). The Morgan fingerprint density at radius 2 is 2.03 bits per heavy atom. The van der Waals surface area contributed by atoms with Crippen molar-refractivity contribution < 1.29 is 14.1 Å². The number of thiocarbonyl (C=S) groups is 1. The van der Waals surface area contributed by atoms with Crippen molar-refractivity contribution in [3.63, 3.8) is 0 Å². The molecule has 1 amide bonds. The van der Waals surface area contributed by atoms with Gasteiger partial charge in [0.05, 0.1) is 11.6 Å².